The lowest BCUT2D eigenvalue weighted by Crippen LogP contribution is -2.71. The number of nitrogens with zero attached hydrogens (tertiary/aromatic N) is 3. The SMILES string of the molecule is C[n+]1cccc(-c2csc(SC3=C(C(=O)[O-])N4C(=O)[C@@H](NC(=O)Cc5ccccc5)[C@H]4SC3)n2)c1. The van der Waals surface area contributed by atoms with Crippen LogP contribution in [0.25, 0.3) is 11.3 Å². The standard InChI is InChI=1S/C24H20N4O4S3/c1-27-9-5-8-15(11-27)16-12-34-24(25-16)35-17-13-33-22-19(21(30)28(22)20(17)23(31)32)26-18(29)10-14-6-3-2-4-7-14/h2-9,11-12,19,22H,10,13H2,1H3,(H-,26,29,31,32)/t19-,22-/m1/s1. The Morgan fingerprint density at radius 3 is 2.80 bits per heavy atom. The lowest BCUT2D eigenvalue weighted by atomic mass is 10.0. The highest BCUT2D eigenvalue weighted by Crippen LogP contribution is 2.45. The average molecular weight is 525 g/mol. The number of hydrogen-bond donors (Lipinski definition) is 1. The molecule has 0 bridgehead atoms. The van der Waals surface area contributed by atoms with E-state index in [4.69, 9.17) is 0 Å². The van der Waals surface area contributed by atoms with Crippen LogP contribution in [-0.2, 0) is 27.9 Å². The van der Waals surface area contributed by atoms with E-state index in [1.807, 2.05) is 71.9 Å². The molecule has 0 saturated carbocycles. The van der Waals surface area contributed by atoms with Crippen molar-refractivity contribution in [1.29, 1.82) is 0 Å². The first kappa shape index (κ1) is 23.6. The summed E-state index contributed by atoms with van der Waals surface area (Å²) in [7, 11) is 1.93. The van der Waals surface area contributed by atoms with Crippen LogP contribution < -0.4 is 15.0 Å². The molecule has 0 spiro atoms. The van der Waals surface area contributed by atoms with E-state index in [9.17, 15) is 19.5 Å². The van der Waals surface area contributed by atoms with Crippen molar-refractivity contribution in [2.24, 2.45) is 7.05 Å². The molecular formula is C24H20N4O4S3. The maximum Gasteiger partial charge on any atom is 0.253 e. The number of aliphatic carboxylic acids is 1. The van der Waals surface area contributed by atoms with Gasteiger partial charge in [-0.25, -0.2) is 9.55 Å². The van der Waals surface area contributed by atoms with Gasteiger partial charge in [-0.05, 0) is 11.6 Å². The minimum atomic E-state index is -1.41. The van der Waals surface area contributed by atoms with E-state index in [1.165, 1.54) is 39.8 Å². The van der Waals surface area contributed by atoms with Gasteiger partial charge in [0.2, 0.25) is 5.91 Å². The van der Waals surface area contributed by atoms with Crippen LogP contribution in [0.1, 0.15) is 5.56 Å². The number of fused-ring (bicyclic) bond motifs is 1. The summed E-state index contributed by atoms with van der Waals surface area (Å²) in [6.07, 6.45) is 4.04. The van der Waals surface area contributed by atoms with Gasteiger partial charge in [0.05, 0.1) is 29.3 Å². The number of carbonyl (C=O) groups excluding carboxylic acids is 3. The Morgan fingerprint density at radius 1 is 1.26 bits per heavy atom. The Bertz CT molecular complexity index is 1340. The van der Waals surface area contributed by atoms with Crippen LogP contribution in [0.15, 0.2) is 75.2 Å². The Balaban J connectivity index is 1.30. The second kappa shape index (κ2) is 9.84. The Morgan fingerprint density at radius 2 is 2.06 bits per heavy atom. The second-order valence-electron chi connectivity index (χ2n) is 8.04. The summed E-state index contributed by atoms with van der Waals surface area (Å²) in [4.78, 5) is 43.7. The van der Waals surface area contributed by atoms with E-state index in [1.54, 1.807) is 0 Å². The van der Waals surface area contributed by atoms with Gasteiger partial charge in [0, 0.05) is 22.1 Å². The minimum absolute atomic E-state index is 0.139. The Hall–Kier alpha value is -3.15. The number of aromatic nitrogens is 2. The molecule has 3 aromatic rings. The number of thiazole rings is 1. The number of amides is 2. The van der Waals surface area contributed by atoms with Crippen LogP contribution in [0.2, 0.25) is 0 Å². The number of β-lactam (4-membered cyclic amide) rings is 1. The number of carbonyl (C=O) groups is 3. The number of thioether (sulfide) groups is 2. The van der Waals surface area contributed by atoms with Gasteiger partial charge >= 0.3 is 0 Å². The van der Waals surface area contributed by atoms with Crippen molar-refractivity contribution in [3.8, 4) is 11.3 Å². The highest BCUT2D eigenvalue weighted by molar-refractivity contribution is 8.07. The van der Waals surface area contributed by atoms with Gasteiger partial charge in [-0.3, -0.25) is 14.5 Å². The first-order chi connectivity index (χ1) is 16.9. The number of carboxylic acid groups (broad SMARTS) is 1. The number of pyridine rings is 1. The quantitative estimate of drug-likeness (QED) is 0.367. The van der Waals surface area contributed by atoms with Gasteiger partial charge < -0.3 is 15.2 Å². The number of rotatable bonds is 7. The van der Waals surface area contributed by atoms with E-state index in [0.717, 1.165) is 16.8 Å². The molecule has 0 unspecified atom stereocenters. The number of aryl methyl sites for hydroxylation is 1. The molecule has 1 saturated heterocycles. The van der Waals surface area contributed by atoms with Crippen LogP contribution in [0, 0.1) is 0 Å². The van der Waals surface area contributed by atoms with Crippen LogP contribution in [0.4, 0.5) is 0 Å². The van der Waals surface area contributed by atoms with Gasteiger partial charge in [0.25, 0.3) is 5.91 Å². The topological polar surface area (TPSA) is 106 Å². The zero-order chi connectivity index (χ0) is 24.5. The van der Waals surface area contributed by atoms with Crippen molar-refractivity contribution in [2.75, 3.05) is 5.75 Å². The molecule has 0 radical (unpaired) electrons. The predicted molar refractivity (Wildman–Crippen MR) is 132 cm³/mol. The molecule has 1 aromatic carbocycles. The van der Waals surface area contributed by atoms with E-state index in [-0.39, 0.29) is 18.0 Å². The fourth-order valence-corrected chi connectivity index (χ4v) is 7.40. The molecule has 2 atom stereocenters. The van der Waals surface area contributed by atoms with Crippen molar-refractivity contribution < 1.29 is 24.1 Å². The predicted octanol–water partition coefficient (Wildman–Crippen LogP) is 1.33. The Labute approximate surface area is 214 Å². The molecule has 1 N–H and O–H groups in total. The van der Waals surface area contributed by atoms with Crippen molar-refractivity contribution in [1.82, 2.24) is 15.2 Å². The summed E-state index contributed by atoms with van der Waals surface area (Å²) in [6, 6.07) is 12.4. The molecule has 178 valence electrons. The third-order valence-corrected chi connectivity index (χ3v) is 9.07. The van der Waals surface area contributed by atoms with Gasteiger partial charge in [0.1, 0.15) is 18.5 Å². The van der Waals surface area contributed by atoms with Gasteiger partial charge in [-0.2, -0.15) is 0 Å². The van der Waals surface area contributed by atoms with Crippen LogP contribution in [0.3, 0.4) is 0 Å². The highest BCUT2D eigenvalue weighted by atomic mass is 32.2. The first-order valence-corrected chi connectivity index (χ1v) is 13.5. The summed E-state index contributed by atoms with van der Waals surface area (Å²) >= 11 is 4.07. The summed E-state index contributed by atoms with van der Waals surface area (Å²) in [5, 5.41) is 16.2. The molecule has 2 amide bonds. The largest absolute Gasteiger partial charge is 0.543 e. The summed E-state index contributed by atoms with van der Waals surface area (Å²) in [5.41, 5.74) is 2.45. The van der Waals surface area contributed by atoms with Gasteiger partial charge in [-0.15, -0.1) is 23.1 Å². The van der Waals surface area contributed by atoms with E-state index < -0.39 is 23.3 Å². The molecule has 2 aliphatic rings. The minimum Gasteiger partial charge on any atom is -0.543 e. The third-order valence-electron chi connectivity index (χ3n) is 5.58. The van der Waals surface area contributed by atoms with Crippen molar-refractivity contribution in [3.63, 3.8) is 0 Å². The molecule has 35 heavy (non-hydrogen) atoms. The smallest absolute Gasteiger partial charge is 0.253 e. The maximum absolute atomic E-state index is 12.9. The summed E-state index contributed by atoms with van der Waals surface area (Å²) in [6.45, 7) is 0. The third kappa shape index (κ3) is 4.84. The number of nitrogens with one attached hydrogen (secondary N) is 1. The maximum atomic E-state index is 12.9. The average Bonchev–Trinajstić information content (AvgIpc) is 3.31. The molecule has 4 heterocycles. The fraction of sp³-hybridized carbons (Fsp3) is 0.208. The van der Waals surface area contributed by atoms with Gasteiger partial charge in [-0.1, -0.05) is 42.1 Å². The Kier molecular flexibility index (Phi) is 6.63. The normalized spacial score (nSPS) is 19.2. The van der Waals surface area contributed by atoms with Crippen molar-refractivity contribution in [2.45, 2.75) is 22.2 Å². The monoisotopic (exact) mass is 524 g/mol. The lowest BCUT2D eigenvalue weighted by Gasteiger charge is -2.50. The van der Waals surface area contributed by atoms with Crippen molar-refractivity contribution in [3.05, 3.63) is 76.4 Å². The van der Waals surface area contributed by atoms with E-state index >= 15 is 0 Å². The number of benzene rings is 1. The molecule has 1 fully saturated rings. The molecule has 0 aliphatic carbocycles. The zero-order valence-electron chi connectivity index (χ0n) is 18.5. The molecule has 8 nitrogen and oxygen atoms in total. The molecule has 11 heteroatoms. The van der Waals surface area contributed by atoms with Crippen LogP contribution >= 0.6 is 34.9 Å². The summed E-state index contributed by atoms with van der Waals surface area (Å²) < 4.78 is 2.61. The van der Waals surface area contributed by atoms with Gasteiger partial charge in [0.15, 0.2) is 16.7 Å². The molecule has 5 rings (SSSR count). The molecule has 2 aliphatic heterocycles. The van der Waals surface area contributed by atoms with Crippen LogP contribution in [0.5, 0.6) is 0 Å². The summed E-state index contributed by atoms with van der Waals surface area (Å²) in [5.74, 6) is -1.76. The second-order valence-corrected chi connectivity index (χ2v) is 11.3. The van der Waals surface area contributed by atoms with E-state index in [0.29, 0.717) is 15.0 Å². The first-order valence-electron chi connectivity index (χ1n) is 10.7. The fourth-order valence-electron chi connectivity index (χ4n) is 3.95. The zero-order valence-corrected chi connectivity index (χ0v) is 21.0. The van der Waals surface area contributed by atoms with Crippen molar-refractivity contribution >= 4 is 52.6 Å². The molecular weight excluding hydrogens is 504 g/mol. The van der Waals surface area contributed by atoms with E-state index in [2.05, 4.69) is 10.3 Å². The van der Waals surface area contributed by atoms with Crippen LogP contribution in [-0.4, -0.2) is 44.8 Å². The highest BCUT2D eigenvalue weighted by Gasteiger charge is 2.53. The number of hydrogen-bond acceptors (Lipinski definition) is 8. The molecule has 2 aromatic heterocycles. The lowest BCUT2D eigenvalue weighted by molar-refractivity contribution is -0.671. The number of carboxylic acids is 1.